The Labute approximate surface area is 266 Å². The van der Waals surface area contributed by atoms with Gasteiger partial charge in [0, 0.05) is 44.6 Å². The minimum atomic E-state index is -2.74. The van der Waals surface area contributed by atoms with Gasteiger partial charge in [-0.05, 0) is 55.1 Å². The monoisotopic (exact) mass is 639 g/mol. The van der Waals surface area contributed by atoms with Crippen molar-refractivity contribution in [1.29, 1.82) is 0 Å². The zero-order valence-corrected chi connectivity index (χ0v) is 26.0. The summed E-state index contributed by atoms with van der Waals surface area (Å²) in [6, 6.07) is 15.8. The molecule has 13 heteroatoms. The van der Waals surface area contributed by atoms with E-state index >= 15 is 0 Å². The Kier molecular flexibility index (Phi) is 10.5. The van der Waals surface area contributed by atoms with Crippen LogP contribution < -0.4 is 4.90 Å². The fraction of sp³-hybridized carbons (Fsp3) is 0.485. The Morgan fingerprint density at radius 1 is 0.870 bits per heavy atom. The number of likely N-dealkylation sites (N-methyl/N-ethyl adjacent to an activating group) is 1. The van der Waals surface area contributed by atoms with Crippen molar-refractivity contribution in [3.63, 3.8) is 0 Å². The van der Waals surface area contributed by atoms with Crippen molar-refractivity contribution in [2.75, 3.05) is 38.6 Å². The number of aliphatic hydroxyl groups is 2. The highest BCUT2D eigenvalue weighted by Gasteiger charge is 2.47. The molecule has 248 valence electrons. The molecular formula is C33H41N3O10. The number of aliphatic hydroxyl groups excluding tert-OH is 1. The molecule has 2 aliphatic heterocycles. The molecular weight excluding hydrogens is 598 g/mol. The molecule has 2 aromatic rings. The van der Waals surface area contributed by atoms with E-state index in [4.69, 9.17) is 20.4 Å². The molecule has 0 aromatic heterocycles. The lowest BCUT2D eigenvalue weighted by Gasteiger charge is -2.42. The summed E-state index contributed by atoms with van der Waals surface area (Å²) in [4.78, 5) is 62.3. The molecule has 2 atom stereocenters. The first kappa shape index (κ1) is 34.5. The number of fused-ring (bicyclic) bond motifs is 3. The second kappa shape index (κ2) is 14.0. The summed E-state index contributed by atoms with van der Waals surface area (Å²) in [5.74, 6) is -5.05. The molecule has 1 fully saturated rings. The van der Waals surface area contributed by atoms with E-state index < -0.39 is 42.4 Å². The minimum Gasteiger partial charge on any atom is -0.481 e. The third-order valence-corrected chi connectivity index (χ3v) is 9.25. The van der Waals surface area contributed by atoms with Gasteiger partial charge in [-0.15, -0.1) is 0 Å². The van der Waals surface area contributed by atoms with Crippen LogP contribution in [-0.2, 0) is 42.2 Å². The molecule has 5 rings (SSSR count). The quantitative estimate of drug-likeness (QED) is 0.264. The largest absolute Gasteiger partial charge is 0.481 e. The Morgan fingerprint density at radius 3 is 2.00 bits per heavy atom. The van der Waals surface area contributed by atoms with Crippen molar-refractivity contribution in [3.8, 4) is 0 Å². The highest BCUT2D eigenvalue weighted by atomic mass is 16.4. The van der Waals surface area contributed by atoms with E-state index in [9.17, 15) is 29.1 Å². The van der Waals surface area contributed by atoms with Crippen LogP contribution in [0.5, 0.6) is 0 Å². The van der Waals surface area contributed by atoms with Crippen molar-refractivity contribution in [1.82, 2.24) is 9.80 Å². The van der Waals surface area contributed by atoms with E-state index in [1.165, 1.54) is 11.1 Å². The number of para-hydroxylation sites is 1. The topological polar surface area (TPSA) is 196 Å². The third kappa shape index (κ3) is 7.22. The van der Waals surface area contributed by atoms with Gasteiger partial charge in [0.25, 0.3) is 0 Å². The predicted octanol–water partition coefficient (Wildman–Crippen LogP) is 1.12. The number of benzene rings is 2. The zero-order chi connectivity index (χ0) is 33.8. The summed E-state index contributed by atoms with van der Waals surface area (Å²) in [7, 11) is 3.49. The number of carboxylic acid groups (broad SMARTS) is 3. The lowest BCUT2D eigenvalue weighted by Crippen LogP contribution is -2.50. The van der Waals surface area contributed by atoms with E-state index in [0.717, 1.165) is 43.6 Å². The molecule has 2 heterocycles. The van der Waals surface area contributed by atoms with Gasteiger partial charge < -0.3 is 35.3 Å². The first-order valence-electron chi connectivity index (χ1n) is 15.2. The smallest absolute Gasteiger partial charge is 0.336 e. The first-order chi connectivity index (χ1) is 21.7. The Morgan fingerprint density at radius 2 is 1.43 bits per heavy atom. The van der Waals surface area contributed by atoms with E-state index in [1.807, 2.05) is 24.3 Å². The van der Waals surface area contributed by atoms with E-state index in [1.54, 1.807) is 23.9 Å². The number of carbonyl (C=O) groups is 5. The maximum absolute atomic E-state index is 13.3. The van der Waals surface area contributed by atoms with Crippen molar-refractivity contribution >= 4 is 35.4 Å². The zero-order valence-electron chi connectivity index (χ0n) is 26.0. The second-order valence-electron chi connectivity index (χ2n) is 12.4. The Balaban J connectivity index is 0.000000315. The molecule has 5 N–H and O–H groups in total. The lowest BCUT2D eigenvalue weighted by atomic mass is 9.72. The molecule has 0 bridgehead atoms. The molecule has 46 heavy (non-hydrogen) atoms. The fourth-order valence-corrected chi connectivity index (χ4v) is 6.82. The highest BCUT2D eigenvalue weighted by Crippen LogP contribution is 2.46. The van der Waals surface area contributed by atoms with E-state index in [-0.39, 0.29) is 23.3 Å². The number of rotatable bonds is 9. The standard InChI is InChI=1S/C27H33N3O3.C6H8O7/c1-28(2)26(33)23-17-20-8-4-6-10-22(20)30(23)25(32)11-14-29-15-12-27(13-16-29)21-9-5-3-7-19(21)18-24(27)31;7-3(8)1-6(13,5(11)12)2-4(9)10/h3-10,23-24,31H,11-18H2,1-2H3;13H,1-2H2,(H,7,8)(H,9,10)(H,11,12)/t23-,24?;/m0./s1. The van der Waals surface area contributed by atoms with Crippen LogP contribution >= 0.6 is 0 Å². The predicted molar refractivity (Wildman–Crippen MR) is 165 cm³/mol. The molecule has 1 unspecified atom stereocenters. The number of likely N-dealkylation sites (tertiary alicyclic amines) is 1. The summed E-state index contributed by atoms with van der Waals surface area (Å²) in [5, 5.41) is 44.7. The van der Waals surface area contributed by atoms with E-state index in [2.05, 4.69) is 29.2 Å². The maximum Gasteiger partial charge on any atom is 0.336 e. The molecule has 13 nitrogen and oxygen atoms in total. The van der Waals surface area contributed by atoms with Gasteiger partial charge in [0.2, 0.25) is 11.8 Å². The van der Waals surface area contributed by atoms with Crippen LogP contribution in [0.2, 0.25) is 0 Å². The van der Waals surface area contributed by atoms with Gasteiger partial charge in [0.1, 0.15) is 6.04 Å². The molecule has 1 saturated heterocycles. The van der Waals surface area contributed by atoms with E-state index in [0.29, 0.717) is 19.4 Å². The van der Waals surface area contributed by atoms with Gasteiger partial charge in [-0.3, -0.25) is 24.1 Å². The number of piperidine rings is 1. The number of anilines is 1. The number of nitrogens with zero attached hydrogens (tertiary/aromatic N) is 3. The van der Waals surface area contributed by atoms with Gasteiger partial charge in [-0.2, -0.15) is 0 Å². The molecule has 1 aliphatic carbocycles. The third-order valence-electron chi connectivity index (χ3n) is 9.25. The highest BCUT2D eigenvalue weighted by molar-refractivity contribution is 6.03. The van der Waals surface area contributed by atoms with Crippen LogP contribution in [-0.4, -0.2) is 117 Å². The average Bonchev–Trinajstić information content (AvgIpc) is 3.51. The second-order valence-corrected chi connectivity index (χ2v) is 12.4. The van der Waals surface area contributed by atoms with Crippen LogP contribution in [0.15, 0.2) is 48.5 Å². The van der Waals surface area contributed by atoms with Gasteiger partial charge in [0.15, 0.2) is 5.60 Å². The molecule has 3 aliphatic rings. The number of amides is 2. The van der Waals surface area contributed by atoms with Crippen LogP contribution in [0.4, 0.5) is 5.69 Å². The van der Waals surface area contributed by atoms with Gasteiger partial charge in [0.05, 0.1) is 18.9 Å². The van der Waals surface area contributed by atoms with Gasteiger partial charge in [-0.1, -0.05) is 42.5 Å². The van der Waals surface area contributed by atoms with Crippen molar-refractivity contribution < 1.29 is 49.5 Å². The van der Waals surface area contributed by atoms with Gasteiger partial charge >= 0.3 is 17.9 Å². The fourth-order valence-electron chi connectivity index (χ4n) is 6.82. The van der Waals surface area contributed by atoms with Crippen LogP contribution in [0.25, 0.3) is 0 Å². The molecule has 2 amide bonds. The minimum absolute atomic E-state index is 0.00619. The maximum atomic E-state index is 13.3. The van der Waals surface area contributed by atoms with Crippen molar-refractivity contribution in [2.45, 2.75) is 68.1 Å². The SMILES string of the molecule is CN(C)C(=O)[C@@H]1Cc2ccccc2N1C(=O)CCN1CCC2(CC1)c1ccccc1CC2O.O=C(O)CC(O)(CC(=O)O)C(=O)O. The van der Waals surface area contributed by atoms with Crippen LogP contribution in [0.3, 0.4) is 0 Å². The van der Waals surface area contributed by atoms with Crippen LogP contribution in [0, 0.1) is 0 Å². The summed E-state index contributed by atoms with van der Waals surface area (Å²) in [6.45, 7) is 2.42. The van der Waals surface area contributed by atoms with Crippen molar-refractivity contribution in [2.24, 2.45) is 0 Å². The number of carbonyl (C=O) groups excluding carboxylic acids is 2. The first-order valence-corrected chi connectivity index (χ1v) is 15.2. The summed E-state index contributed by atoms with van der Waals surface area (Å²) in [5.41, 5.74) is 1.63. The molecule has 2 aromatic carbocycles. The average molecular weight is 640 g/mol. The summed E-state index contributed by atoms with van der Waals surface area (Å²) < 4.78 is 0. The number of aliphatic carboxylic acids is 3. The molecule has 0 radical (unpaired) electrons. The summed E-state index contributed by atoms with van der Waals surface area (Å²) in [6.07, 6.45) is 0.910. The summed E-state index contributed by atoms with van der Waals surface area (Å²) >= 11 is 0. The number of hydrogen-bond donors (Lipinski definition) is 5. The van der Waals surface area contributed by atoms with Crippen molar-refractivity contribution in [3.05, 3.63) is 65.2 Å². The molecule has 0 saturated carbocycles. The lowest BCUT2D eigenvalue weighted by molar-refractivity contribution is -0.170. The normalized spacial score (nSPS) is 19.9. The number of hydrogen-bond acceptors (Lipinski definition) is 8. The Hall–Kier alpha value is -4.33. The number of carboxylic acids is 3. The molecule has 1 spiro atoms. The van der Waals surface area contributed by atoms with Crippen LogP contribution in [0.1, 0.15) is 48.8 Å². The van der Waals surface area contributed by atoms with Gasteiger partial charge in [-0.25, -0.2) is 4.79 Å². The Bertz CT molecular complexity index is 1470.